The molecule has 1 aromatic heterocycles. The summed E-state index contributed by atoms with van der Waals surface area (Å²) in [5, 5.41) is 2.90. The molecule has 1 fully saturated rings. The average molecular weight is 325 g/mol. The van der Waals surface area contributed by atoms with Crippen LogP contribution >= 0.6 is 0 Å². The number of methoxy groups -OCH3 is 1. The molecule has 0 spiro atoms. The Morgan fingerprint density at radius 2 is 2.08 bits per heavy atom. The predicted octanol–water partition coefficient (Wildman–Crippen LogP) is 1.62. The maximum Gasteiger partial charge on any atom is 0.253 e. The van der Waals surface area contributed by atoms with E-state index in [1.54, 1.807) is 17.0 Å². The largest absolute Gasteiger partial charge is 0.481 e. The zero-order chi connectivity index (χ0) is 16.9. The van der Waals surface area contributed by atoms with E-state index in [0.29, 0.717) is 31.0 Å². The molecular weight excluding hydrogens is 306 g/mol. The number of aromatic nitrogens is 1. The van der Waals surface area contributed by atoms with Gasteiger partial charge < -0.3 is 15.0 Å². The van der Waals surface area contributed by atoms with E-state index >= 15 is 0 Å². The van der Waals surface area contributed by atoms with Crippen molar-refractivity contribution in [2.45, 2.75) is 19.0 Å². The van der Waals surface area contributed by atoms with Crippen molar-refractivity contribution in [3.8, 4) is 5.88 Å². The van der Waals surface area contributed by atoms with Gasteiger partial charge in [0, 0.05) is 31.8 Å². The van der Waals surface area contributed by atoms with Crippen LogP contribution in [0.15, 0.2) is 48.7 Å². The zero-order valence-electron chi connectivity index (χ0n) is 13.4. The Morgan fingerprint density at radius 3 is 2.75 bits per heavy atom. The van der Waals surface area contributed by atoms with Gasteiger partial charge in [0.25, 0.3) is 5.91 Å². The summed E-state index contributed by atoms with van der Waals surface area (Å²) in [5.41, 5.74) is 1.53. The van der Waals surface area contributed by atoms with E-state index in [2.05, 4.69) is 10.3 Å². The smallest absolute Gasteiger partial charge is 0.253 e. The van der Waals surface area contributed by atoms with Crippen LogP contribution in [-0.2, 0) is 11.3 Å². The summed E-state index contributed by atoms with van der Waals surface area (Å²) in [6.45, 7) is 1.08. The molecule has 2 heterocycles. The van der Waals surface area contributed by atoms with Crippen LogP contribution in [-0.4, -0.2) is 41.4 Å². The van der Waals surface area contributed by atoms with Gasteiger partial charge in [-0.1, -0.05) is 30.3 Å². The number of hydrogen-bond acceptors (Lipinski definition) is 4. The van der Waals surface area contributed by atoms with E-state index < -0.39 is 0 Å². The lowest BCUT2D eigenvalue weighted by atomic mass is 10.2. The summed E-state index contributed by atoms with van der Waals surface area (Å²) in [4.78, 5) is 30.2. The molecule has 0 saturated carbocycles. The van der Waals surface area contributed by atoms with Gasteiger partial charge in [-0.2, -0.15) is 0 Å². The van der Waals surface area contributed by atoms with Gasteiger partial charge in [0.15, 0.2) is 0 Å². The van der Waals surface area contributed by atoms with E-state index in [9.17, 15) is 9.59 Å². The number of nitrogens with zero attached hydrogens (tertiary/aromatic N) is 2. The number of pyridine rings is 1. The second-order valence-corrected chi connectivity index (χ2v) is 5.72. The van der Waals surface area contributed by atoms with Crippen LogP contribution < -0.4 is 10.1 Å². The summed E-state index contributed by atoms with van der Waals surface area (Å²) in [5.74, 6) is 0.276. The predicted molar refractivity (Wildman–Crippen MR) is 88.5 cm³/mol. The molecular formula is C18H19N3O3. The van der Waals surface area contributed by atoms with Crippen molar-refractivity contribution in [3.63, 3.8) is 0 Å². The third-order valence-corrected chi connectivity index (χ3v) is 3.97. The third kappa shape index (κ3) is 3.71. The van der Waals surface area contributed by atoms with Crippen molar-refractivity contribution >= 4 is 11.8 Å². The molecule has 24 heavy (non-hydrogen) atoms. The van der Waals surface area contributed by atoms with Crippen LogP contribution in [0.5, 0.6) is 5.88 Å². The molecule has 124 valence electrons. The number of rotatable bonds is 5. The van der Waals surface area contributed by atoms with Gasteiger partial charge in [0.05, 0.1) is 18.7 Å². The monoisotopic (exact) mass is 325 g/mol. The lowest BCUT2D eigenvalue weighted by molar-refractivity contribution is -0.128. The summed E-state index contributed by atoms with van der Waals surface area (Å²) < 4.78 is 4.97. The molecule has 0 aliphatic carbocycles. The van der Waals surface area contributed by atoms with Crippen LogP contribution in [0.4, 0.5) is 0 Å². The van der Waals surface area contributed by atoms with Crippen LogP contribution in [0.2, 0.25) is 0 Å². The fourth-order valence-electron chi connectivity index (χ4n) is 2.73. The Kier molecular flexibility index (Phi) is 4.74. The Labute approximate surface area is 140 Å². The molecule has 3 rings (SSSR count). The first-order chi connectivity index (χ1) is 11.7. The minimum absolute atomic E-state index is 0.0528. The number of hydrogen-bond donors (Lipinski definition) is 1. The van der Waals surface area contributed by atoms with Gasteiger partial charge >= 0.3 is 0 Å². The highest BCUT2D eigenvalue weighted by molar-refractivity contribution is 5.94. The molecule has 0 radical (unpaired) electrons. The van der Waals surface area contributed by atoms with E-state index in [4.69, 9.17) is 4.74 Å². The number of benzene rings is 1. The molecule has 1 unspecified atom stereocenters. The Morgan fingerprint density at radius 1 is 1.29 bits per heavy atom. The van der Waals surface area contributed by atoms with Crippen molar-refractivity contribution in [3.05, 3.63) is 59.8 Å². The molecule has 1 aliphatic rings. The van der Waals surface area contributed by atoms with Crippen molar-refractivity contribution in [2.75, 3.05) is 13.7 Å². The van der Waals surface area contributed by atoms with Crippen LogP contribution in [0, 0.1) is 0 Å². The number of ether oxygens (including phenoxy) is 1. The minimum atomic E-state index is -0.232. The topological polar surface area (TPSA) is 71.5 Å². The average Bonchev–Trinajstić information content (AvgIpc) is 2.95. The lowest BCUT2D eigenvalue weighted by Gasteiger charge is -2.17. The Balaban J connectivity index is 1.58. The highest BCUT2D eigenvalue weighted by Crippen LogP contribution is 2.16. The highest BCUT2D eigenvalue weighted by Gasteiger charge is 2.30. The standard InChI is InChI=1S/C18H19N3O3/c1-24-16-8-7-14(10-19-16)18(23)20-15-9-17(22)21(12-15)11-13-5-3-2-4-6-13/h2-8,10,15H,9,11-12H2,1H3,(H,20,23). The summed E-state index contributed by atoms with van der Waals surface area (Å²) >= 11 is 0. The Bertz CT molecular complexity index is 716. The lowest BCUT2D eigenvalue weighted by Crippen LogP contribution is -2.37. The van der Waals surface area contributed by atoms with E-state index in [1.807, 2.05) is 30.3 Å². The maximum absolute atomic E-state index is 12.3. The summed E-state index contributed by atoms with van der Waals surface area (Å²) in [6.07, 6.45) is 1.79. The van der Waals surface area contributed by atoms with Gasteiger partial charge in [0.1, 0.15) is 0 Å². The van der Waals surface area contributed by atoms with Gasteiger partial charge in [-0.25, -0.2) is 4.98 Å². The molecule has 0 bridgehead atoms. The summed E-state index contributed by atoms with van der Waals surface area (Å²) in [7, 11) is 1.52. The SMILES string of the molecule is COc1ccc(C(=O)NC2CC(=O)N(Cc3ccccc3)C2)cn1. The van der Waals surface area contributed by atoms with Gasteiger partial charge in [0.2, 0.25) is 11.8 Å². The molecule has 6 nitrogen and oxygen atoms in total. The molecule has 1 N–H and O–H groups in total. The highest BCUT2D eigenvalue weighted by atomic mass is 16.5. The van der Waals surface area contributed by atoms with Crippen LogP contribution in [0.1, 0.15) is 22.3 Å². The first kappa shape index (κ1) is 16.0. The van der Waals surface area contributed by atoms with Gasteiger partial charge in [-0.3, -0.25) is 9.59 Å². The van der Waals surface area contributed by atoms with Gasteiger partial charge in [-0.05, 0) is 11.6 Å². The number of carbonyl (C=O) groups is 2. The molecule has 2 amide bonds. The van der Waals surface area contributed by atoms with Crippen molar-refractivity contribution in [1.29, 1.82) is 0 Å². The van der Waals surface area contributed by atoms with E-state index in [0.717, 1.165) is 5.56 Å². The van der Waals surface area contributed by atoms with E-state index in [-0.39, 0.29) is 17.9 Å². The normalized spacial score (nSPS) is 17.0. The van der Waals surface area contributed by atoms with Gasteiger partial charge in [-0.15, -0.1) is 0 Å². The van der Waals surface area contributed by atoms with Crippen molar-refractivity contribution in [1.82, 2.24) is 15.2 Å². The maximum atomic E-state index is 12.3. The van der Waals surface area contributed by atoms with Crippen LogP contribution in [0.25, 0.3) is 0 Å². The molecule has 1 saturated heterocycles. The molecule has 1 aliphatic heterocycles. The number of amides is 2. The quantitative estimate of drug-likeness (QED) is 0.907. The fraction of sp³-hybridized carbons (Fsp3) is 0.278. The van der Waals surface area contributed by atoms with E-state index in [1.165, 1.54) is 13.3 Å². The second-order valence-electron chi connectivity index (χ2n) is 5.72. The first-order valence-electron chi connectivity index (χ1n) is 7.78. The molecule has 6 heteroatoms. The third-order valence-electron chi connectivity index (χ3n) is 3.97. The second kappa shape index (κ2) is 7.12. The number of nitrogens with one attached hydrogen (secondary N) is 1. The number of likely N-dealkylation sites (tertiary alicyclic amines) is 1. The summed E-state index contributed by atoms with van der Waals surface area (Å²) in [6, 6.07) is 12.9. The van der Waals surface area contributed by atoms with Crippen molar-refractivity contribution < 1.29 is 14.3 Å². The first-order valence-corrected chi connectivity index (χ1v) is 7.78. The Hall–Kier alpha value is -2.89. The minimum Gasteiger partial charge on any atom is -0.481 e. The van der Waals surface area contributed by atoms with Crippen molar-refractivity contribution in [2.24, 2.45) is 0 Å². The molecule has 1 aromatic carbocycles. The molecule has 1 atom stereocenters. The number of carbonyl (C=O) groups excluding carboxylic acids is 2. The zero-order valence-corrected chi connectivity index (χ0v) is 13.4. The fourth-order valence-corrected chi connectivity index (χ4v) is 2.73. The molecule has 2 aromatic rings. The van der Waals surface area contributed by atoms with Crippen LogP contribution in [0.3, 0.4) is 0 Å².